The standard InChI is InChI=1S/C42H82O4/c1-3-5-7-9-10-11-12-13-14-15-16-17-18-19-20-25-28-31-35-39-42(45)46-40(36-32-8-6-4-2)37-33-29-26-23-21-22-24-27-30-34-38-41(43)44/h40H,3-39H2,1-2H3,(H,43,44). The fourth-order valence-electron chi connectivity index (χ4n) is 6.72. The van der Waals surface area contributed by atoms with Gasteiger partial charge in [0, 0.05) is 12.8 Å². The van der Waals surface area contributed by atoms with Gasteiger partial charge in [0.2, 0.25) is 0 Å². The van der Waals surface area contributed by atoms with Crippen LogP contribution in [0.4, 0.5) is 0 Å². The lowest BCUT2D eigenvalue weighted by atomic mass is 10.0. The van der Waals surface area contributed by atoms with Crippen LogP contribution in [0.1, 0.15) is 251 Å². The molecule has 0 saturated carbocycles. The first kappa shape index (κ1) is 44.9. The van der Waals surface area contributed by atoms with Crippen LogP contribution in [-0.4, -0.2) is 23.1 Å². The molecule has 0 rings (SSSR count). The number of carboxylic acids is 1. The van der Waals surface area contributed by atoms with Gasteiger partial charge in [-0.3, -0.25) is 9.59 Å². The third-order valence-electron chi connectivity index (χ3n) is 9.83. The van der Waals surface area contributed by atoms with E-state index in [0.717, 1.165) is 44.9 Å². The van der Waals surface area contributed by atoms with E-state index in [1.165, 1.54) is 180 Å². The van der Waals surface area contributed by atoms with Gasteiger partial charge in [-0.05, 0) is 38.5 Å². The van der Waals surface area contributed by atoms with Gasteiger partial charge in [0.15, 0.2) is 0 Å². The minimum absolute atomic E-state index is 0.0378. The highest BCUT2D eigenvalue weighted by atomic mass is 16.5. The van der Waals surface area contributed by atoms with Crippen LogP contribution in [0.3, 0.4) is 0 Å². The zero-order valence-corrected chi connectivity index (χ0v) is 31.4. The average Bonchev–Trinajstić information content (AvgIpc) is 3.04. The molecule has 0 aliphatic carbocycles. The van der Waals surface area contributed by atoms with Crippen molar-refractivity contribution in [2.24, 2.45) is 0 Å². The summed E-state index contributed by atoms with van der Waals surface area (Å²) in [6, 6.07) is 0. The van der Waals surface area contributed by atoms with Crippen LogP contribution in [0, 0.1) is 0 Å². The Kier molecular flexibility index (Phi) is 37.5. The van der Waals surface area contributed by atoms with Crippen LogP contribution in [0.25, 0.3) is 0 Å². The second-order valence-electron chi connectivity index (χ2n) is 14.5. The van der Waals surface area contributed by atoms with Gasteiger partial charge in [-0.2, -0.15) is 0 Å². The first-order valence-corrected chi connectivity index (χ1v) is 21.0. The number of unbranched alkanes of at least 4 members (excludes halogenated alkanes) is 30. The summed E-state index contributed by atoms with van der Waals surface area (Å²) in [5.41, 5.74) is 0. The summed E-state index contributed by atoms with van der Waals surface area (Å²) in [4.78, 5) is 23.2. The van der Waals surface area contributed by atoms with Crippen molar-refractivity contribution in [1.82, 2.24) is 0 Å². The van der Waals surface area contributed by atoms with E-state index >= 15 is 0 Å². The molecule has 274 valence electrons. The van der Waals surface area contributed by atoms with Crippen molar-refractivity contribution in [1.29, 1.82) is 0 Å². The Morgan fingerprint density at radius 3 is 0.978 bits per heavy atom. The molecule has 4 heteroatoms. The van der Waals surface area contributed by atoms with Crippen molar-refractivity contribution in [2.75, 3.05) is 0 Å². The number of carboxylic acid groups (broad SMARTS) is 1. The highest BCUT2D eigenvalue weighted by molar-refractivity contribution is 5.69. The van der Waals surface area contributed by atoms with Gasteiger partial charge in [-0.1, -0.05) is 200 Å². The largest absolute Gasteiger partial charge is 0.481 e. The molecule has 0 saturated heterocycles. The molecule has 1 N–H and O–H groups in total. The summed E-state index contributed by atoms with van der Waals surface area (Å²) in [7, 11) is 0. The summed E-state index contributed by atoms with van der Waals surface area (Å²) in [5, 5.41) is 8.70. The van der Waals surface area contributed by atoms with Crippen molar-refractivity contribution in [3.63, 3.8) is 0 Å². The van der Waals surface area contributed by atoms with Crippen LogP contribution in [0.15, 0.2) is 0 Å². The van der Waals surface area contributed by atoms with Crippen LogP contribution >= 0.6 is 0 Å². The summed E-state index contributed by atoms with van der Waals surface area (Å²) in [5.74, 6) is -0.635. The Morgan fingerprint density at radius 1 is 0.391 bits per heavy atom. The molecule has 0 spiro atoms. The lowest BCUT2D eigenvalue weighted by Gasteiger charge is -2.18. The Morgan fingerprint density at radius 2 is 0.652 bits per heavy atom. The van der Waals surface area contributed by atoms with E-state index in [1.807, 2.05) is 0 Å². The fraction of sp³-hybridized carbons (Fsp3) is 0.952. The van der Waals surface area contributed by atoms with E-state index < -0.39 is 5.97 Å². The second kappa shape index (κ2) is 38.4. The highest BCUT2D eigenvalue weighted by Crippen LogP contribution is 2.19. The molecule has 0 aromatic heterocycles. The first-order valence-electron chi connectivity index (χ1n) is 21.0. The minimum atomic E-state index is -0.672. The fourth-order valence-corrected chi connectivity index (χ4v) is 6.72. The number of ether oxygens (including phenoxy) is 1. The maximum Gasteiger partial charge on any atom is 0.306 e. The predicted octanol–water partition coefficient (Wildman–Crippen LogP) is 14.5. The molecular formula is C42H82O4. The molecule has 0 aromatic carbocycles. The second-order valence-corrected chi connectivity index (χ2v) is 14.5. The maximum absolute atomic E-state index is 12.6. The molecule has 1 unspecified atom stereocenters. The average molecular weight is 651 g/mol. The zero-order chi connectivity index (χ0) is 33.6. The molecule has 1 atom stereocenters. The molecular weight excluding hydrogens is 568 g/mol. The molecule has 4 nitrogen and oxygen atoms in total. The van der Waals surface area contributed by atoms with Crippen molar-refractivity contribution in [2.45, 2.75) is 258 Å². The minimum Gasteiger partial charge on any atom is -0.481 e. The quantitative estimate of drug-likeness (QED) is 0.0531. The van der Waals surface area contributed by atoms with E-state index in [-0.39, 0.29) is 12.1 Å². The van der Waals surface area contributed by atoms with Crippen molar-refractivity contribution in [3.8, 4) is 0 Å². The first-order chi connectivity index (χ1) is 22.6. The Bertz CT molecular complexity index is 619. The van der Waals surface area contributed by atoms with Crippen LogP contribution in [-0.2, 0) is 14.3 Å². The van der Waals surface area contributed by atoms with Crippen LogP contribution < -0.4 is 0 Å². The van der Waals surface area contributed by atoms with E-state index in [0.29, 0.717) is 12.8 Å². The molecule has 0 fully saturated rings. The zero-order valence-electron chi connectivity index (χ0n) is 31.4. The van der Waals surface area contributed by atoms with Gasteiger partial charge in [-0.25, -0.2) is 0 Å². The van der Waals surface area contributed by atoms with Gasteiger partial charge >= 0.3 is 11.9 Å². The summed E-state index contributed by atoms with van der Waals surface area (Å²) in [6.07, 6.45) is 45.9. The van der Waals surface area contributed by atoms with Gasteiger partial charge in [0.1, 0.15) is 6.10 Å². The van der Waals surface area contributed by atoms with Gasteiger partial charge in [-0.15, -0.1) is 0 Å². The van der Waals surface area contributed by atoms with E-state index in [9.17, 15) is 9.59 Å². The van der Waals surface area contributed by atoms with Gasteiger partial charge < -0.3 is 9.84 Å². The number of rotatable bonds is 39. The Hall–Kier alpha value is -1.06. The number of carbonyl (C=O) groups is 2. The number of hydrogen-bond donors (Lipinski definition) is 1. The van der Waals surface area contributed by atoms with Crippen LogP contribution in [0.5, 0.6) is 0 Å². The number of aliphatic carboxylic acids is 1. The SMILES string of the molecule is CCCCCCCCCCCCCCCCCCCCCC(=O)OC(CCCCCC)CCCCCCCCCCCCC(=O)O. The number of hydrogen-bond acceptors (Lipinski definition) is 3. The highest BCUT2D eigenvalue weighted by Gasteiger charge is 2.14. The van der Waals surface area contributed by atoms with E-state index in [2.05, 4.69) is 13.8 Å². The molecule has 46 heavy (non-hydrogen) atoms. The summed E-state index contributed by atoms with van der Waals surface area (Å²) >= 11 is 0. The molecule has 0 radical (unpaired) electrons. The molecule has 0 amide bonds. The van der Waals surface area contributed by atoms with Crippen molar-refractivity contribution >= 4 is 11.9 Å². The van der Waals surface area contributed by atoms with Crippen molar-refractivity contribution < 1.29 is 19.4 Å². The van der Waals surface area contributed by atoms with Gasteiger partial charge in [0.05, 0.1) is 0 Å². The molecule has 0 aromatic rings. The van der Waals surface area contributed by atoms with Crippen LogP contribution in [0.2, 0.25) is 0 Å². The third-order valence-corrected chi connectivity index (χ3v) is 9.83. The molecule has 0 heterocycles. The lowest BCUT2D eigenvalue weighted by molar-refractivity contribution is -0.150. The lowest BCUT2D eigenvalue weighted by Crippen LogP contribution is -2.18. The maximum atomic E-state index is 12.6. The third kappa shape index (κ3) is 37.4. The van der Waals surface area contributed by atoms with Crippen molar-refractivity contribution in [3.05, 3.63) is 0 Å². The normalized spacial score (nSPS) is 12.0. The Balaban J connectivity index is 3.70. The van der Waals surface area contributed by atoms with Gasteiger partial charge in [0.25, 0.3) is 0 Å². The summed E-state index contributed by atoms with van der Waals surface area (Å²) in [6.45, 7) is 4.54. The molecule has 0 aliphatic rings. The van der Waals surface area contributed by atoms with E-state index in [1.54, 1.807) is 0 Å². The Labute approximate surface area is 288 Å². The number of esters is 1. The predicted molar refractivity (Wildman–Crippen MR) is 200 cm³/mol. The smallest absolute Gasteiger partial charge is 0.306 e. The molecule has 0 bridgehead atoms. The molecule has 0 aliphatic heterocycles. The summed E-state index contributed by atoms with van der Waals surface area (Å²) < 4.78 is 6.00. The monoisotopic (exact) mass is 651 g/mol. The van der Waals surface area contributed by atoms with E-state index in [4.69, 9.17) is 9.84 Å². The topological polar surface area (TPSA) is 63.6 Å². The number of carbonyl (C=O) groups excluding carboxylic acids is 1.